The smallest absolute Gasteiger partial charge is 0.0879 e. The van der Waals surface area contributed by atoms with Gasteiger partial charge in [0.2, 0.25) is 0 Å². The molecule has 160 valence electrons. The van der Waals surface area contributed by atoms with Crippen molar-refractivity contribution in [1.82, 2.24) is 0 Å². The lowest BCUT2D eigenvalue weighted by Crippen LogP contribution is -2.21. The second-order valence-electron chi connectivity index (χ2n) is 9.62. The number of hydrogen-bond donors (Lipinski definition) is 0. The van der Waals surface area contributed by atoms with Crippen LogP contribution in [0.4, 0.5) is 5.69 Å². The van der Waals surface area contributed by atoms with Gasteiger partial charge in [-0.1, -0.05) is 48.5 Å². The van der Waals surface area contributed by atoms with E-state index in [0.29, 0.717) is 12.0 Å². The number of rotatable bonds is 3. The van der Waals surface area contributed by atoms with Crippen molar-refractivity contribution in [2.45, 2.75) is 52.5 Å². The lowest BCUT2D eigenvalue weighted by atomic mass is 9.88. The molecule has 6 rings (SSSR count). The van der Waals surface area contributed by atoms with E-state index in [9.17, 15) is 0 Å². The largest absolute Gasteiger partial charge is 0.297 e. The summed E-state index contributed by atoms with van der Waals surface area (Å²) in [5.41, 5.74) is 17.3. The van der Waals surface area contributed by atoms with E-state index in [4.69, 9.17) is 0 Å². The number of aryl methyl sites for hydroxylation is 2. The van der Waals surface area contributed by atoms with Gasteiger partial charge in [-0.2, -0.15) is 0 Å². The summed E-state index contributed by atoms with van der Waals surface area (Å²) in [7, 11) is 0. The van der Waals surface area contributed by atoms with Crippen molar-refractivity contribution in [3.63, 3.8) is 0 Å². The van der Waals surface area contributed by atoms with Crippen molar-refractivity contribution in [3.05, 3.63) is 105 Å². The molecule has 1 unspecified atom stereocenters. The number of benzene rings is 3. The Labute approximate surface area is 199 Å². The van der Waals surface area contributed by atoms with Crippen molar-refractivity contribution in [3.8, 4) is 11.1 Å². The number of nitrogens with zero attached hydrogens (tertiary/aromatic N) is 1. The van der Waals surface area contributed by atoms with Crippen molar-refractivity contribution in [1.29, 1.82) is 0 Å². The molecule has 3 aromatic rings. The number of allylic oxidation sites excluding steroid dienone is 2. The minimum Gasteiger partial charge on any atom is -0.297 e. The van der Waals surface area contributed by atoms with Gasteiger partial charge in [-0.3, -0.25) is 3.93 Å². The molecule has 2 heteroatoms. The first-order valence-corrected chi connectivity index (χ1v) is 12.3. The van der Waals surface area contributed by atoms with Gasteiger partial charge in [0.25, 0.3) is 0 Å². The minimum atomic E-state index is 0.341. The molecule has 1 aliphatic heterocycles. The molecule has 0 saturated heterocycles. The maximum absolute atomic E-state index is 3.89. The summed E-state index contributed by atoms with van der Waals surface area (Å²) in [6.45, 7) is 9.10. The molecular weight excluding hydrogens is 454 g/mol. The van der Waals surface area contributed by atoms with E-state index < -0.39 is 0 Å². The highest BCUT2D eigenvalue weighted by Crippen LogP contribution is 2.53. The lowest BCUT2D eigenvalue weighted by molar-refractivity contribution is 0.727. The predicted octanol–water partition coefficient (Wildman–Crippen LogP) is 8.36. The first-order chi connectivity index (χ1) is 15.5. The second-order valence-corrected chi connectivity index (χ2v) is 10.4. The van der Waals surface area contributed by atoms with Crippen molar-refractivity contribution in [2.24, 2.45) is 0 Å². The zero-order valence-corrected chi connectivity index (χ0v) is 20.8. The van der Waals surface area contributed by atoms with E-state index in [1.54, 1.807) is 0 Å². The van der Waals surface area contributed by atoms with E-state index >= 15 is 0 Å². The molecular formula is C30H28BrN. The van der Waals surface area contributed by atoms with Gasteiger partial charge in [-0.25, -0.2) is 0 Å². The maximum atomic E-state index is 3.89. The molecule has 32 heavy (non-hydrogen) atoms. The fourth-order valence-corrected chi connectivity index (χ4v) is 6.97. The second kappa shape index (κ2) is 7.22. The van der Waals surface area contributed by atoms with Crippen LogP contribution in [0.5, 0.6) is 0 Å². The molecule has 1 atom stereocenters. The van der Waals surface area contributed by atoms with E-state index in [0.717, 1.165) is 12.8 Å². The molecule has 0 bridgehead atoms. The molecule has 1 heterocycles. The highest BCUT2D eigenvalue weighted by molar-refractivity contribution is 9.10. The van der Waals surface area contributed by atoms with Gasteiger partial charge >= 0.3 is 0 Å². The number of anilines is 1. The summed E-state index contributed by atoms with van der Waals surface area (Å²) in [6, 6.07) is 23.1. The summed E-state index contributed by atoms with van der Waals surface area (Å²) in [6.07, 6.45) is 2.24. The first-order valence-electron chi connectivity index (χ1n) is 11.6. The molecule has 0 radical (unpaired) electrons. The van der Waals surface area contributed by atoms with Crippen molar-refractivity contribution >= 4 is 27.4 Å². The third-order valence-corrected chi connectivity index (χ3v) is 8.90. The highest BCUT2D eigenvalue weighted by Gasteiger charge is 2.40. The Balaban J connectivity index is 1.36. The first kappa shape index (κ1) is 20.1. The molecule has 0 N–H and O–H groups in total. The van der Waals surface area contributed by atoms with Crippen molar-refractivity contribution < 1.29 is 0 Å². The number of hydrogen-bond acceptors (Lipinski definition) is 1. The van der Waals surface area contributed by atoms with Crippen LogP contribution in [0.15, 0.2) is 77.4 Å². The van der Waals surface area contributed by atoms with Gasteiger partial charge in [0.15, 0.2) is 0 Å². The Hall–Kier alpha value is -2.58. The van der Waals surface area contributed by atoms with Crippen LogP contribution in [0.25, 0.3) is 16.7 Å². The average molecular weight is 482 g/mol. The third-order valence-electron chi connectivity index (χ3n) is 8.11. The molecule has 3 aromatic carbocycles. The minimum absolute atomic E-state index is 0.341. The number of halogens is 1. The lowest BCUT2D eigenvalue weighted by Gasteiger charge is -2.20. The van der Waals surface area contributed by atoms with Gasteiger partial charge in [-0.15, -0.1) is 0 Å². The van der Waals surface area contributed by atoms with E-state index in [1.165, 1.54) is 66.9 Å². The maximum Gasteiger partial charge on any atom is 0.0879 e. The topological polar surface area (TPSA) is 3.24 Å². The van der Waals surface area contributed by atoms with E-state index in [2.05, 4.69) is 108 Å². The van der Waals surface area contributed by atoms with Crippen molar-refractivity contribution in [2.75, 3.05) is 3.93 Å². The Bertz CT molecular complexity index is 1300. The Morgan fingerprint density at radius 2 is 1.41 bits per heavy atom. The molecule has 3 aliphatic rings. The van der Waals surface area contributed by atoms with Gasteiger partial charge in [0, 0.05) is 11.5 Å². The standard InChI is InChI=1S/C30H28BrN/c1-17-15-28-27(29-19(3)18(2)20(4)30(29)32(28)31)16-21(17)13-14-26-24-11-7-5-9-22(24)23-10-6-8-12-25(23)26/h5-12,15-16,26,30H,13-14H2,1-4H3. The van der Waals surface area contributed by atoms with Crippen LogP contribution in [0, 0.1) is 6.92 Å². The molecule has 1 nitrogen and oxygen atoms in total. The van der Waals surface area contributed by atoms with Crippen LogP contribution in [0.2, 0.25) is 0 Å². The Morgan fingerprint density at radius 1 is 0.781 bits per heavy atom. The molecule has 2 aliphatic carbocycles. The predicted molar refractivity (Wildman–Crippen MR) is 139 cm³/mol. The van der Waals surface area contributed by atoms with E-state index in [1.807, 2.05) is 0 Å². The van der Waals surface area contributed by atoms with Crippen LogP contribution in [-0.4, -0.2) is 6.04 Å². The fraction of sp³-hybridized carbons (Fsp3) is 0.267. The Morgan fingerprint density at radius 3 is 2.06 bits per heavy atom. The SMILES string of the molecule is CC1=C(C)C2C(=C1C)c1cc(CCC3c4ccccc4-c4ccccc43)c(C)cc1N2Br. The van der Waals surface area contributed by atoms with Gasteiger partial charge in [-0.05, 0) is 108 Å². The van der Waals surface area contributed by atoms with Gasteiger partial charge in [0.05, 0.1) is 27.9 Å². The highest BCUT2D eigenvalue weighted by atomic mass is 79.9. The van der Waals surface area contributed by atoms with Crippen LogP contribution in [0.1, 0.15) is 60.9 Å². The summed E-state index contributed by atoms with van der Waals surface area (Å²) in [5.74, 6) is 0.481. The summed E-state index contributed by atoms with van der Waals surface area (Å²) >= 11 is 3.89. The Kier molecular flexibility index (Phi) is 4.52. The quantitative estimate of drug-likeness (QED) is 0.339. The summed E-state index contributed by atoms with van der Waals surface area (Å²) < 4.78 is 2.30. The number of fused-ring (bicyclic) bond motifs is 6. The monoisotopic (exact) mass is 481 g/mol. The van der Waals surface area contributed by atoms with Gasteiger partial charge < -0.3 is 0 Å². The fourth-order valence-electron chi connectivity index (χ4n) is 6.17. The molecule has 0 aromatic heterocycles. The van der Waals surface area contributed by atoms with Gasteiger partial charge in [0.1, 0.15) is 0 Å². The summed E-state index contributed by atoms with van der Waals surface area (Å²) in [4.78, 5) is 0. The van der Waals surface area contributed by atoms with Crippen LogP contribution in [0.3, 0.4) is 0 Å². The average Bonchev–Trinajstić information content (AvgIpc) is 3.36. The molecule has 0 saturated carbocycles. The third kappa shape index (κ3) is 2.69. The molecule has 0 fully saturated rings. The zero-order chi connectivity index (χ0) is 22.1. The summed E-state index contributed by atoms with van der Waals surface area (Å²) in [5, 5.41) is 0. The zero-order valence-electron chi connectivity index (χ0n) is 19.2. The molecule has 0 spiro atoms. The molecule has 0 amide bonds. The normalized spacial score (nSPS) is 18.9. The van der Waals surface area contributed by atoms with Crippen LogP contribution in [-0.2, 0) is 6.42 Å². The van der Waals surface area contributed by atoms with Crippen LogP contribution < -0.4 is 3.93 Å². The van der Waals surface area contributed by atoms with Crippen LogP contribution >= 0.6 is 16.1 Å². The van der Waals surface area contributed by atoms with E-state index in [-0.39, 0.29) is 0 Å².